The van der Waals surface area contributed by atoms with E-state index in [1.807, 2.05) is 18.2 Å². The van der Waals surface area contributed by atoms with Crippen LogP contribution in [0.1, 0.15) is 37.3 Å². The molecular formula is C24H23Cl2F3N2O4. The first-order valence-corrected chi connectivity index (χ1v) is 11.2. The number of hydrogen-bond acceptors (Lipinski definition) is 4. The van der Waals surface area contributed by atoms with Crippen molar-refractivity contribution in [3.8, 4) is 6.07 Å². The van der Waals surface area contributed by atoms with Gasteiger partial charge in [0.25, 0.3) is 0 Å². The molecule has 35 heavy (non-hydrogen) atoms. The van der Waals surface area contributed by atoms with Gasteiger partial charge in [-0.3, -0.25) is 10.1 Å². The molecule has 3 N–H and O–H groups in total. The quantitative estimate of drug-likeness (QED) is 0.461. The standard InChI is InChI=1S/C22H22Cl2N2O2.C2HF3O2/c1-13(2)10-18-22(12-25,15-6-8-16(23)9-7-15)19(20(26-18)21(27)28)14-4-3-5-17(24)11-14;3-2(4,5)1(6)7/h3-9,11,13,18-20,26H,10H2,1-2H3,(H,27,28);(H,6,7)/t18-,19+,20-,22+;/m1./s1. The Kier molecular flexibility index (Phi) is 9.17. The van der Waals surface area contributed by atoms with E-state index in [9.17, 15) is 28.3 Å². The Morgan fingerprint density at radius 2 is 1.69 bits per heavy atom. The van der Waals surface area contributed by atoms with E-state index in [2.05, 4.69) is 25.2 Å². The minimum atomic E-state index is -5.08. The molecule has 0 bridgehead atoms. The topological polar surface area (TPSA) is 110 Å². The SMILES string of the molecule is CC(C)C[C@H]1N[C@@H](C(=O)O)[C@H](c2cccc(Cl)c2)[C@@]1(C#N)c1ccc(Cl)cc1.O=C(O)C(F)(F)F. The van der Waals surface area contributed by atoms with E-state index < -0.39 is 35.5 Å². The number of carboxylic acids is 2. The summed E-state index contributed by atoms with van der Waals surface area (Å²) in [4.78, 5) is 21.1. The van der Waals surface area contributed by atoms with Gasteiger partial charge in [-0.2, -0.15) is 18.4 Å². The summed E-state index contributed by atoms with van der Waals surface area (Å²) in [6.45, 7) is 4.13. The molecule has 1 aliphatic heterocycles. The van der Waals surface area contributed by atoms with Crippen LogP contribution >= 0.6 is 23.2 Å². The second kappa shape index (κ2) is 11.3. The molecular weight excluding hydrogens is 508 g/mol. The van der Waals surface area contributed by atoms with E-state index in [-0.39, 0.29) is 12.0 Å². The van der Waals surface area contributed by atoms with Gasteiger partial charge in [0, 0.05) is 22.0 Å². The molecule has 11 heteroatoms. The van der Waals surface area contributed by atoms with Crippen LogP contribution in [0.5, 0.6) is 0 Å². The zero-order chi connectivity index (χ0) is 26.6. The van der Waals surface area contributed by atoms with Crippen LogP contribution in [0, 0.1) is 17.2 Å². The van der Waals surface area contributed by atoms with Gasteiger partial charge in [-0.15, -0.1) is 0 Å². The number of carboxylic acid groups (broad SMARTS) is 2. The van der Waals surface area contributed by atoms with Crippen LogP contribution in [0.2, 0.25) is 10.0 Å². The second-order valence-electron chi connectivity index (χ2n) is 8.49. The lowest BCUT2D eigenvalue weighted by Gasteiger charge is -2.35. The molecule has 0 aliphatic carbocycles. The molecule has 1 saturated heterocycles. The lowest BCUT2D eigenvalue weighted by Crippen LogP contribution is -2.42. The fourth-order valence-electron chi connectivity index (χ4n) is 4.34. The molecule has 0 amide bonds. The van der Waals surface area contributed by atoms with Crippen LogP contribution in [-0.4, -0.2) is 40.4 Å². The molecule has 1 aliphatic rings. The minimum Gasteiger partial charge on any atom is -0.480 e. The van der Waals surface area contributed by atoms with Crippen molar-refractivity contribution in [3.63, 3.8) is 0 Å². The Morgan fingerprint density at radius 3 is 2.11 bits per heavy atom. The van der Waals surface area contributed by atoms with Crippen molar-refractivity contribution in [1.82, 2.24) is 5.32 Å². The van der Waals surface area contributed by atoms with Crippen LogP contribution in [0.25, 0.3) is 0 Å². The third-order valence-electron chi connectivity index (χ3n) is 5.68. The normalized spacial score (nSPS) is 23.8. The number of rotatable bonds is 5. The van der Waals surface area contributed by atoms with Gasteiger partial charge >= 0.3 is 18.1 Å². The highest BCUT2D eigenvalue weighted by molar-refractivity contribution is 6.30. The molecule has 2 aromatic carbocycles. The summed E-state index contributed by atoms with van der Waals surface area (Å²) in [7, 11) is 0. The van der Waals surface area contributed by atoms with Crippen LogP contribution in [0.15, 0.2) is 48.5 Å². The van der Waals surface area contributed by atoms with E-state index in [1.54, 1.807) is 30.3 Å². The van der Waals surface area contributed by atoms with E-state index >= 15 is 0 Å². The summed E-state index contributed by atoms with van der Waals surface area (Å²) in [6.07, 6.45) is -4.42. The fourth-order valence-corrected chi connectivity index (χ4v) is 4.66. The monoisotopic (exact) mass is 530 g/mol. The summed E-state index contributed by atoms with van der Waals surface area (Å²) < 4.78 is 31.7. The van der Waals surface area contributed by atoms with Crippen molar-refractivity contribution in [2.45, 2.75) is 49.9 Å². The zero-order valence-electron chi connectivity index (χ0n) is 18.7. The van der Waals surface area contributed by atoms with Gasteiger partial charge in [0.05, 0.1) is 6.07 Å². The number of aliphatic carboxylic acids is 2. The summed E-state index contributed by atoms with van der Waals surface area (Å²) in [5, 5.41) is 31.9. The third-order valence-corrected chi connectivity index (χ3v) is 6.17. The molecule has 188 valence electrons. The average molecular weight is 531 g/mol. The molecule has 0 spiro atoms. The lowest BCUT2D eigenvalue weighted by molar-refractivity contribution is -0.192. The van der Waals surface area contributed by atoms with Crippen molar-refractivity contribution in [1.29, 1.82) is 5.26 Å². The first-order valence-electron chi connectivity index (χ1n) is 10.5. The Balaban J connectivity index is 0.000000540. The molecule has 4 atom stereocenters. The van der Waals surface area contributed by atoms with Gasteiger partial charge in [0.15, 0.2) is 0 Å². The predicted molar refractivity (Wildman–Crippen MR) is 124 cm³/mol. The molecule has 1 fully saturated rings. The van der Waals surface area contributed by atoms with Crippen molar-refractivity contribution in [2.75, 3.05) is 0 Å². The van der Waals surface area contributed by atoms with Gasteiger partial charge in [-0.25, -0.2) is 4.79 Å². The van der Waals surface area contributed by atoms with Crippen molar-refractivity contribution < 1.29 is 33.0 Å². The number of halogens is 5. The first-order chi connectivity index (χ1) is 16.2. The second-order valence-corrected chi connectivity index (χ2v) is 9.36. The Labute approximate surface area is 210 Å². The van der Waals surface area contributed by atoms with Crippen LogP contribution in [0.3, 0.4) is 0 Å². The Bertz CT molecular complexity index is 1100. The van der Waals surface area contributed by atoms with Crippen LogP contribution in [-0.2, 0) is 15.0 Å². The third kappa shape index (κ3) is 6.45. The number of benzene rings is 2. The van der Waals surface area contributed by atoms with Gasteiger partial charge < -0.3 is 10.2 Å². The molecule has 1 heterocycles. The average Bonchev–Trinajstić information content (AvgIpc) is 3.08. The number of nitrogens with one attached hydrogen (secondary N) is 1. The number of nitrogens with zero attached hydrogens (tertiary/aromatic N) is 1. The summed E-state index contributed by atoms with van der Waals surface area (Å²) in [5.74, 6) is -4.05. The Morgan fingerprint density at radius 1 is 1.11 bits per heavy atom. The number of alkyl halides is 3. The van der Waals surface area contributed by atoms with Gasteiger partial charge in [-0.1, -0.05) is 61.3 Å². The van der Waals surface area contributed by atoms with E-state index in [0.717, 1.165) is 11.1 Å². The highest BCUT2D eigenvalue weighted by atomic mass is 35.5. The zero-order valence-corrected chi connectivity index (χ0v) is 20.2. The number of hydrogen-bond donors (Lipinski definition) is 3. The maximum absolute atomic E-state index is 12.2. The van der Waals surface area contributed by atoms with Crippen molar-refractivity contribution >= 4 is 35.1 Å². The Hall–Kier alpha value is -2.80. The molecule has 6 nitrogen and oxygen atoms in total. The number of nitriles is 1. The minimum absolute atomic E-state index is 0.282. The maximum Gasteiger partial charge on any atom is 0.490 e. The van der Waals surface area contributed by atoms with Gasteiger partial charge in [-0.05, 0) is 47.7 Å². The summed E-state index contributed by atoms with van der Waals surface area (Å²) >= 11 is 12.3. The largest absolute Gasteiger partial charge is 0.490 e. The van der Waals surface area contributed by atoms with Crippen LogP contribution in [0.4, 0.5) is 13.2 Å². The fraction of sp³-hybridized carbons (Fsp3) is 0.375. The summed E-state index contributed by atoms with van der Waals surface area (Å²) in [5.41, 5.74) is 0.421. The maximum atomic E-state index is 12.2. The van der Waals surface area contributed by atoms with E-state index in [1.165, 1.54) is 0 Å². The van der Waals surface area contributed by atoms with Gasteiger partial charge in [0.1, 0.15) is 11.5 Å². The van der Waals surface area contributed by atoms with Crippen molar-refractivity contribution in [3.05, 3.63) is 69.7 Å². The smallest absolute Gasteiger partial charge is 0.480 e. The van der Waals surface area contributed by atoms with Gasteiger partial charge in [0.2, 0.25) is 0 Å². The molecule has 0 saturated carbocycles. The number of carbonyl (C=O) groups is 2. The molecule has 2 aromatic rings. The molecule has 0 radical (unpaired) electrons. The summed E-state index contributed by atoms with van der Waals surface area (Å²) in [6, 6.07) is 15.5. The first kappa shape index (κ1) is 28.4. The van der Waals surface area contributed by atoms with Crippen LogP contribution < -0.4 is 5.32 Å². The van der Waals surface area contributed by atoms with E-state index in [0.29, 0.717) is 16.5 Å². The molecule has 0 aromatic heterocycles. The molecule has 3 rings (SSSR count). The predicted octanol–water partition coefficient (Wildman–Crippen LogP) is 5.64. The highest BCUT2D eigenvalue weighted by Gasteiger charge is 2.59. The highest BCUT2D eigenvalue weighted by Crippen LogP contribution is 2.50. The van der Waals surface area contributed by atoms with E-state index in [4.69, 9.17) is 33.1 Å². The molecule has 0 unspecified atom stereocenters. The lowest BCUT2D eigenvalue weighted by atomic mass is 9.64. The van der Waals surface area contributed by atoms with Crippen molar-refractivity contribution in [2.24, 2.45) is 5.92 Å².